The third kappa shape index (κ3) is 4.16. The Balaban J connectivity index is 4.24. The summed E-state index contributed by atoms with van der Waals surface area (Å²) in [5.41, 5.74) is 7.04. The predicted octanol–water partition coefficient (Wildman–Crippen LogP) is 2.69. The van der Waals surface area contributed by atoms with E-state index in [0.717, 1.165) is 18.5 Å². The summed E-state index contributed by atoms with van der Waals surface area (Å²) in [5.74, 6) is 0. The smallest absolute Gasteiger partial charge is 0.0384 e. The predicted molar refractivity (Wildman–Crippen MR) is 54.4 cm³/mol. The lowest BCUT2D eigenvalue weighted by atomic mass is 9.89. The highest BCUT2D eigenvalue weighted by atomic mass is 14.6. The molecule has 0 aromatic heterocycles. The maximum absolute atomic E-state index is 7.69. The summed E-state index contributed by atoms with van der Waals surface area (Å²) in [7, 11) is 0. The quantitative estimate of drug-likeness (QED) is 0.625. The Morgan fingerprint density at radius 1 is 1.42 bits per heavy atom. The van der Waals surface area contributed by atoms with Crippen LogP contribution in [0.2, 0.25) is 0 Å². The average molecular weight is 168 g/mol. The Morgan fingerprint density at radius 3 is 2.25 bits per heavy atom. The summed E-state index contributed by atoms with van der Waals surface area (Å²) in [4.78, 5) is 0. The lowest BCUT2D eigenvalue weighted by Gasteiger charge is -2.17. The van der Waals surface area contributed by atoms with Gasteiger partial charge in [-0.2, -0.15) is 0 Å². The van der Waals surface area contributed by atoms with Gasteiger partial charge in [0, 0.05) is 16.8 Å². The van der Waals surface area contributed by atoms with Gasteiger partial charge in [0.15, 0.2) is 0 Å². The van der Waals surface area contributed by atoms with Gasteiger partial charge in [-0.05, 0) is 12.5 Å². The van der Waals surface area contributed by atoms with Gasteiger partial charge in [0.2, 0.25) is 0 Å². The molecular formula is C10H20N2. The molecule has 0 saturated carbocycles. The van der Waals surface area contributed by atoms with Crippen molar-refractivity contribution in [2.24, 2.45) is 11.1 Å². The van der Waals surface area contributed by atoms with Crippen molar-refractivity contribution < 1.29 is 0 Å². The first-order chi connectivity index (χ1) is 5.38. The van der Waals surface area contributed by atoms with Crippen molar-refractivity contribution in [3.63, 3.8) is 0 Å². The van der Waals surface area contributed by atoms with Crippen molar-refractivity contribution in [3.05, 3.63) is 11.8 Å². The molecule has 0 fully saturated rings. The summed E-state index contributed by atoms with van der Waals surface area (Å²) in [6.45, 7) is 8.14. The van der Waals surface area contributed by atoms with Crippen LogP contribution in [-0.2, 0) is 0 Å². The molecule has 0 aromatic rings. The van der Waals surface area contributed by atoms with E-state index in [0.29, 0.717) is 5.71 Å². The third-order valence-corrected chi connectivity index (χ3v) is 1.68. The molecule has 0 aliphatic carbocycles. The highest BCUT2D eigenvalue weighted by molar-refractivity contribution is 5.96. The van der Waals surface area contributed by atoms with Crippen molar-refractivity contribution >= 4 is 5.71 Å². The molecular weight excluding hydrogens is 148 g/mol. The van der Waals surface area contributed by atoms with Crippen LogP contribution in [0.3, 0.4) is 0 Å². The van der Waals surface area contributed by atoms with Crippen LogP contribution in [0.1, 0.15) is 40.5 Å². The monoisotopic (exact) mass is 168 g/mol. The van der Waals surface area contributed by atoms with E-state index in [4.69, 9.17) is 11.1 Å². The van der Waals surface area contributed by atoms with E-state index >= 15 is 0 Å². The fourth-order valence-corrected chi connectivity index (χ4v) is 0.763. The molecule has 0 unspecified atom stereocenters. The minimum Gasteiger partial charge on any atom is -0.402 e. The molecule has 0 amide bonds. The van der Waals surface area contributed by atoms with E-state index in [1.54, 1.807) is 6.08 Å². The lowest BCUT2D eigenvalue weighted by molar-refractivity contribution is 0.590. The van der Waals surface area contributed by atoms with E-state index in [1.807, 2.05) is 20.8 Å². The SMILES string of the molecule is CCC/C(N)=C/C(=N)C(C)(C)C. The lowest BCUT2D eigenvalue weighted by Crippen LogP contribution is -2.18. The van der Waals surface area contributed by atoms with Gasteiger partial charge in [0.05, 0.1) is 0 Å². The van der Waals surface area contributed by atoms with Gasteiger partial charge in [-0.3, -0.25) is 0 Å². The van der Waals surface area contributed by atoms with Gasteiger partial charge < -0.3 is 11.1 Å². The van der Waals surface area contributed by atoms with Crippen molar-refractivity contribution in [3.8, 4) is 0 Å². The van der Waals surface area contributed by atoms with Crippen LogP contribution in [0.25, 0.3) is 0 Å². The molecule has 3 N–H and O–H groups in total. The molecule has 0 heterocycles. The number of nitrogens with one attached hydrogen (secondary N) is 1. The second kappa shape index (κ2) is 4.29. The van der Waals surface area contributed by atoms with E-state index in [-0.39, 0.29) is 5.41 Å². The molecule has 2 nitrogen and oxygen atoms in total. The Bertz CT molecular complexity index is 185. The van der Waals surface area contributed by atoms with Crippen LogP contribution in [0.15, 0.2) is 11.8 Å². The van der Waals surface area contributed by atoms with Crippen LogP contribution < -0.4 is 5.73 Å². The van der Waals surface area contributed by atoms with Crippen LogP contribution in [0.5, 0.6) is 0 Å². The maximum Gasteiger partial charge on any atom is 0.0384 e. The summed E-state index contributed by atoms with van der Waals surface area (Å²) < 4.78 is 0. The summed E-state index contributed by atoms with van der Waals surface area (Å²) in [6.07, 6.45) is 3.71. The molecule has 0 aliphatic rings. The van der Waals surface area contributed by atoms with Gasteiger partial charge in [0.25, 0.3) is 0 Å². The third-order valence-electron chi connectivity index (χ3n) is 1.68. The van der Waals surface area contributed by atoms with Crippen molar-refractivity contribution in [2.75, 3.05) is 0 Å². The van der Waals surface area contributed by atoms with Crippen LogP contribution in [0.4, 0.5) is 0 Å². The minimum absolute atomic E-state index is 0.0850. The van der Waals surface area contributed by atoms with E-state index in [9.17, 15) is 0 Å². The minimum atomic E-state index is -0.0850. The largest absolute Gasteiger partial charge is 0.402 e. The molecule has 0 bridgehead atoms. The topological polar surface area (TPSA) is 49.9 Å². The molecule has 0 aliphatic heterocycles. The molecule has 0 radical (unpaired) electrons. The summed E-state index contributed by atoms with van der Waals surface area (Å²) in [6, 6.07) is 0. The Morgan fingerprint density at radius 2 is 1.92 bits per heavy atom. The van der Waals surface area contributed by atoms with Crippen LogP contribution >= 0.6 is 0 Å². The molecule has 0 saturated heterocycles. The van der Waals surface area contributed by atoms with Gasteiger partial charge in [-0.25, -0.2) is 0 Å². The molecule has 2 heteroatoms. The summed E-state index contributed by atoms with van der Waals surface area (Å²) >= 11 is 0. The van der Waals surface area contributed by atoms with Crippen molar-refractivity contribution in [1.82, 2.24) is 0 Å². The highest BCUT2D eigenvalue weighted by Gasteiger charge is 2.14. The van der Waals surface area contributed by atoms with Crippen LogP contribution in [0, 0.1) is 10.8 Å². The maximum atomic E-state index is 7.69. The van der Waals surface area contributed by atoms with Gasteiger partial charge >= 0.3 is 0 Å². The van der Waals surface area contributed by atoms with Crippen LogP contribution in [-0.4, -0.2) is 5.71 Å². The summed E-state index contributed by atoms with van der Waals surface area (Å²) in [5, 5.41) is 7.69. The molecule has 70 valence electrons. The van der Waals surface area contributed by atoms with E-state index < -0.39 is 0 Å². The normalized spacial score (nSPS) is 13.2. The zero-order chi connectivity index (χ0) is 9.78. The first kappa shape index (κ1) is 11.2. The van der Waals surface area contributed by atoms with Gasteiger partial charge in [0.1, 0.15) is 0 Å². The average Bonchev–Trinajstić information content (AvgIpc) is 1.85. The van der Waals surface area contributed by atoms with Gasteiger partial charge in [-0.1, -0.05) is 34.1 Å². The second-order valence-corrected chi connectivity index (χ2v) is 4.13. The number of hydrogen-bond acceptors (Lipinski definition) is 2. The number of hydrogen-bond donors (Lipinski definition) is 2. The number of nitrogens with two attached hydrogens (primary N) is 1. The molecule has 12 heavy (non-hydrogen) atoms. The fourth-order valence-electron chi connectivity index (χ4n) is 0.763. The molecule has 0 spiro atoms. The Kier molecular flexibility index (Phi) is 4.01. The highest BCUT2D eigenvalue weighted by Crippen LogP contribution is 2.16. The molecule has 0 atom stereocenters. The Labute approximate surface area is 75.4 Å². The first-order valence-electron chi connectivity index (χ1n) is 4.43. The van der Waals surface area contributed by atoms with Crippen molar-refractivity contribution in [1.29, 1.82) is 5.41 Å². The molecule has 0 rings (SSSR count). The van der Waals surface area contributed by atoms with Gasteiger partial charge in [-0.15, -0.1) is 0 Å². The Hall–Kier alpha value is -0.790. The van der Waals surface area contributed by atoms with E-state index in [1.165, 1.54) is 0 Å². The standard InChI is InChI=1S/C10H20N2/c1-5-6-8(11)7-9(12)10(2,3)4/h7,12H,5-6,11H2,1-4H3/b8-7-,12-9?. The zero-order valence-corrected chi connectivity index (χ0v) is 8.57. The zero-order valence-electron chi connectivity index (χ0n) is 8.57. The first-order valence-corrected chi connectivity index (χ1v) is 4.43. The van der Waals surface area contributed by atoms with Crippen molar-refractivity contribution in [2.45, 2.75) is 40.5 Å². The number of allylic oxidation sites excluding steroid dienone is 2. The fraction of sp³-hybridized carbons (Fsp3) is 0.700. The molecule has 0 aromatic carbocycles. The van der Waals surface area contributed by atoms with E-state index in [2.05, 4.69) is 6.92 Å². The second-order valence-electron chi connectivity index (χ2n) is 4.13. The number of rotatable bonds is 3.